The Kier molecular flexibility index (Phi) is 5.32. The molecule has 1 aliphatic heterocycles. The van der Waals surface area contributed by atoms with Crippen molar-refractivity contribution in [2.24, 2.45) is 0 Å². The minimum Gasteiger partial charge on any atom is -0.493 e. The maximum absolute atomic E-state index is 12.8. The van der Waals surface area contributed by atoms with E-state index in [0.29, 0.717) is 31.3 Å². The van der Waals surface area contributed by atoms with Crippen molar-refractivity contribution >= 4 is 57.6 Å². The van der Waals surface area contributed by atoms with E-state index in [0.717, 1.165) is 5.69 Å². The maximum Gasteiger partial charge on any atom is 0.270 e. The number of carbonyl (C=O) groups is 1. The van der Waals surface area contributed by atoms with Crippen LogP contribution in [0.15, 0.2) is 47.4 Å². The number of halogens is 1. The molecule has 7 heteroatoms. The number of hydrogen-bond donors (Lipinski definition) is 0. The number of anilines is 1. The summed E-state index contributed by atoms with van der Waals surface area (Å²) in [5, 5.41) is 0.461. The minimum atomic E-state index is -0.174. The molecular formula is C18H14ClNO3S2. The van der Waals surface area contributed by atoms with Crippen LogP contribution in [-0.2, 0) is 4.79 Å². The molecule has 128 valence electrons. The summed E-state index contributed by atoms with van der Waals surface area (Å²) in [5.74, 6) is 0.894. The summed E-state index contributed by atoms with van der Waals surface area (Å²) in [6.45, 7) is 0. The van der Waals surface area contributed by atoms with Gasteiger partial charge in [-0.25, -0.2) is 0 Å². The molecule has 3 rings (SSSR count). The number of carbonyl (C=O) groups excluding carboxylic acids is 1. The van der Waals surface area contributed by atoms with Gasteiger partial charge in [-0.1, -0.05) is 53.8 Å². The van der Waals surface area contributed by atoms with Crippen molar-refractivity contribution in [3.05, 3.63) is 58.0 Å². The van der Waals surface area contributed by atoms with Gasteiger partial charge in [0.25, 0.3) is 5.91 Å². The molecule has 1 aliphatic rings. The number of rotatable bonds is 4. The van der Waals surface area contributed by atoms with Crippen LogP contribution in [0, 0.1) is 0 Å². The van der Waals surface area contributed by atoms with E-state index in [-0.39, 0.29) is 5.91 Å². The predicted octanol–water partition coefficient (Wildman–Crippen LogP) is 4.76. The van der Waals surface area contributed by atoms with E-state index in [2.05, 4.69) is 0 Å². The van der Waals surface area contributed by atoms with Crippen LogP contribution in [0.1, 0.15) is 5.56 Å². The largest absolute Gasteiger partial charge is 0.493 e. The van der Waals surface area contributed by atoms with Crippen molar-refractivity contribution in [2.75, 3.05) is 19.1 Å². The number of methoxy groups -OCH3 is 2. The lowest BCUT2D eigenvalue weighted by molar-refractivity contribution is -0.113. The van der Waals surface area contributed by atoms with Gasteiger partial charge in [0.2, 0.25) is 0 Å². The molecule has 25 heavy (non-hydrogen) atoms. The highest BCUT2D eigenvalue weighted by molar-refractivity contribution is 8.27. The number of amides is 1. The molecule has 0 saturated carbocycles. The van der Waals surface area contributed by atoms with Crippen LogP contribution in [-0.4, -0.2) is 24.4 Å². The average Bonchev–Trinajstić information content (AvgIpc) is 2.90. The SMILES string of the molecule is COc1cc(Cl)c(/C=C2/SC(=S)N(c3ccccc3)C2=O)cc1OC. The molecule has 4 nitrogen and oxygen atoms in total. The molecule has 0 aromatic heterocycles. The summed E-state index contributed by atoms with van der Waals surface area (Å²) in [6, 6.07) is 12.7. The fraction of sp³-hybridized carbons (Fsp3) is 0.111. The molecule has 0 spiro atoms. The second-order valence-corrected chi connectivity index (χ2v) is 7.16. The third-order valence-electron chi connectivity index (χ3n) is 3.60. The van der Waals surface area contributed by atoms with Gasteiger partial charge in [-0.2, -0.15) is 0 Å². The number of ether oxygens (including phenoxy) is 2. The first-order valence-electron chi connectivity index (χ1n) is 7.29. The lowest BCUT2D eigenvalue weighted by Gasteiger charge is -2.14. The van der Waals surface area contributed by atoms with Gasteiger partial charge in [0, 0.05) is 6.07 Å². The van der Waals surface area contributed by atoms with Crippen LogP contribution < -0.4 is 14.4 Å². The smallest absolute Gasteiger partial charge is 0.270 e. The van der Waals surface area contributed by atoms with Gasteiger partial charge in [-0.15, -0.1) is 0 Å². The second kappa shape index (κ2) is 7.47. The van der Waals surface area contributed by atoms with Gasteiger partial charge in [-0.05, 0) is 29.8 Å². The molecule has 1 saturated heterocycles. The van der Waals surface area contributed by atoms with Crippen LogP contribution in [0.2, 0.25) is 5.02 Å². The van der Waals surface area contributed by atoms with Gasteiger partial charge >= 0.3 is 0 Å². The summed E-state index contributed by atoms with van der Waals surface area (Å²) in [7, 11) is 3.09. The fourth-order valence-corrected chi connectivity index (χ4v) is 3.89. The summed E-state index contributed by atoms with van der Waals surface area (Å²) >= 11 is 12.9. The van der Waals surface area contributed by atoms with Gasteiger partial charge in [0.1, 0.15) is 0 Å². The molecule has 1 heterocycles. The van der Waals surface area contributed by atoms with Crippen LogP contribution >= 0.6 is 35.6 Å². The van der Waals surface area contributed by atoms with Crippen LogP contribution in [0.25, 0.3) is 6.08 Å². The summed E-state index contributed by atoms with van der Waals surface area (Å²) < 4.78 is 11.0. The van der Waals surface area contributed by atoms with Crippen LogP contribution in [0.4, 0.5) is 5.69 Å². The van der Waals surface area contributed by atoms with Crippen molar-refractivity contribution in [2.45, 2.75) is 0 Å². The van der Waals surface area contributed by atoms with Crippen molar-refractivity contribution in [3.8, 4) is 11.5 Å². The highest BCUT2D eigenvalue weighted by Gasteiger charge is 2.33. The summed E-state index contributed by atoms with van der Waals surface area (Å²) in [6.07, 6.45) is 1.71. The molecule has 2 aromatic carbocycles. The zero-order valence-electron chi connectivity index (χ0n) is 13.5. The Labute approximate surface area is 160 Å². The highest BCUT2D eigenvalue weighted by Crippen LogP contribution is 2.39. The molecule has 0 radical (unpaired) electrons. The Bertz CT molecular complexity index is 868. The summed E-state index contributed by atoms with van der Waals surface area (Å²) in [5.41, 5.74) is 1.40. The Hall–Kier alpha value is -2.02. The highest BCUT2D eigenvalue weighted by atomic mass is 35.5. The van der Waals surface area contributed by atoms with E-state index < -0.39 is 0 Å². The van der Waals surface area contributed by atoms with E-state index >= 15 is 0 Å². The van der Waals surface area contributed by atoms with E-state index in [1.165, 1.54) is 16.7 Å². The Morgan fingerprint density at radius 1 is 1.12 bits per heavy atom. The molecule has 0 aliphatic carbocycles. The van der Waals surface area contributed by atoms with E-state index in [1.54, 1.807) is 32.4 Å². The second-order valence-electron chi connectivity index (χ2n) is 5.08. The fourth-order valence-electron chi connectivity index (χ4n) is 2.39. The van der Waals surface area contributed by atoms with Gasteiger partial charge in [0.15, 0.2) is 15.8 Å². The molecule has 0 atom stereocenters. The zero-order valence-corrected chi connectivity index (χ0v) is 15.9. The number of thiocarbonyl (C=S) groups is 1. The van der Waals surface area contributed by atoms with Crippen molar-refractivity contribution in [3.63, 3.8) is 0 Å². The quantitative estimate of drug-likeness (QED) is 0.554. The molecule has 1 amide bonds. The first-order valence-corrected chi connectivity index (χ1v) is 8.90. The first-order chi connectivity index (χ1) is 12.0. The van der Waals surface area contributed by atoms with Gasteiger partial charge in [-0.3, -0.25) is 9.69 Å². The number of nitrogens with zero attached hydrogens (tertiary/aromatic N) is 1. The minimum absolute atomic E-state index is 0.174. The van der Waals surface area contributed by atoms with Crippen molar-refractivity contribution in [1.82, 2.24) is 0 Å². The molecule has 0 bridgehead atoms. The first kappa shape index (κ1) is 17.8. The monoisotopic (exact) mass is 391 g/mol. The maximum atomic E-state index is 12.8. The third-order valence-corrected chi connectivity index (χ3v) is 5.23. The molecular weight excluding hydrogens is 378 g/mol. The van der Waals surface area contributed by atoms with E-state index in [4.69, 9.17) is 33.3 Å². The van der Waals surface area contributed by atoms with Gasteiger partial charge < -0.3 is 9.47 Å². The Morgan fingerprint density at radius 2 is 1.76 bits per heavy atom. The molecule has 0 N–H and O–H groups in total. The summed E-state index contributed by atoms with van der Waals surface area (Å²) in [4.78, 5) is 14.8. The number of para-hydroxylation sites is 1. The van der Waals surface area contributed by atoms with E-state index in [1.807, 2.05) is 30.3 Å². The molecule has 2 aromatic rings. The third kappa shape index (κ3) is 3.51. The normalized spacial score (nSPS) is 15.8. The lowest BCUT2D eigenvalue weighted by Crippen LogP contribution is -2.27. The van der Waals surface area contributed by atoms with E-state index in [9.17, 15) is 4.79 Å². The average molecular weight is 392 g/mol. The lowest BCUT2D eigenvalue weighted by atomic mass is 10.1. The number of benzene rings is 2. The zero-order chi connectivity index (χ0) is 18.0. The van der Waals surface area contributed by atoms with Crippen molar-refractivity contribution in [1.29, 1.82) is 0 Å². The standard InChI is InChI=1S/C18H14ClNO3S2/c1-22-14-8-11(13(19)10-15(14)23-2)9-16-17(21)20(18(24)25-16)12-6-4-3-5-7-12/h3-10H,1-2H3/b16-9+. The topological polar surface area (TPSA) is 38.8 Å². The molecule has 0 unspecified atom stereocenters. The Balaban J connectivity index is 1.98. The Morgan fingerprint density at radius 3 is 2.40 bits per heavy atom. The predicted molar refractivity (Wildman–Crippen MR) is 107 cm³/mol. The van der Waals surface area contributed by atoms with Crippen LogP contribution in [0.5, 0.6) is 11.5 Å². The van der Waals surface area contributed by atoms with Crippen molar-refractivity contribution < 1.29 is 14.3 Å². The molecule has 1 fully saturated rings. The number of thioether (sulfide) groups is 1. The number of hydrogen-bond acceptors (Lipinski definition) is 5. The van der Waals surface area contributed by atoms with Crippen LogP contribution in [0.3, 0.4) is 0 Å². The van der Waals surface area contributed by atoms with Gasteiger partial charge in [0.05, 0.1) is 29.8 Å².